The van der Waals surface area contributed by atoms with Crippen LogP contribution in [-0.2, 0) is 0 Å². The Balaban J connectivity index is 2.39. The molecule has 0 aliphatic heterocycles. The normalized spacial score (nSPS) is 18.1. The summed E-state index contributed by atoms with van der Waals surface area (Å²) in [4.78, 5) is 31.3. The van der Waals surface area contributed by atoms with Gasteiger partial charge in [-0.2, -0.15) is 0 Å². The second-order valence-electron chi connectivity index (χ2n) is 8.61. The van der Waals surface area contributed by atoms with Crippen LogP contribution in [0.5, 0.6) is 0 Å². The molecule has 0 N–H and O–H groups in total. The van der Waals surface area contributed by atoms with Crippen LogP contribution in [0.3, 0.4) is 0 Å². The highest BCUT2D eigenvalue weighted by Gasteiger charge is 2.24. The minimum Gasteiger partial charge on any atom is -0.259 e. The SMILES string of the molecule is C/C(=C(N=CC(C)C#CC1=C/CC=CC/C=C\1)/C(N=CC(C)C#Cc1ccc(S)cc1)=C(/C)[N+](=O)[O-])[N+](=O)[O-]. The van der Waals surface area contributed by atoms with Gasteiger partial charge in [-0.15, -0.1) is 12.6 Å². The van der Waals surface area contributed by atoms with Gasteiger partial charge >= 0.3 is 0 Å². The third kappa shape index (κ3) is 10.8. The van der Waals surface area contributed by atoms with E-state index in [2.05, 4.69) is 58.4 Å². The van der Waals surface area contributed by atoms with Gasteiger partial charge in [0.25, 0.3) is 11.4 Å². The van der Waals surface area contributed by atoms with Gasteiger partial charge in [0.2, 0.25) is 0 Å². The predicted octanol–water partition coefficient (Wildman–Crippen LogP) is 6.59. The van der Waals surface area contributed by atoms with Crippen LogP contribution >= 0.6 is 12.6 Å². The Labute approximate surface area is 234 Å². The lowest BCUT2D eigenvalue weighted by Crippen LogP contribution is -2.07. The third-order valence-electron chi connectivity index (χ3n) is 5.28. The van der Waals surface area contributed by atoms with Gasteiger partial charge in [0.1, 0.15) is 0 Å². The van der Waals surface area contributed by atoms with Crippen LogP contribution in [0.2, 0.25) is 0 Å². The Morgan fingerprint density at radius 2 is 1.38 bits per heavy atom. The van der Waals surface area contributed by atoms with Crippen molar-refractivity contribution in [1.82, 2.24) is 0 Å². The lowest BCUT2D eigenvalue weighted by atomic mass is 10.1. The van der Waals surface area contributed by atoms with E-state index in [1.807, 2.05) is 42.5 Å². The van der Waals surface area contributed by atoms with Crippen LogP contribution in [0.4, 0.5) is 0 Å². The van der Waals surface area contributed by atoms with Crippen LogP contribution < -0.4 is 0 Å². The maximum absolute atomic E-state index is 11.6. The van der Waals surface area contributed by atoms with E-state index in [1.54, 1.807) is 13.8 Å². The van der Waals surface area contributed by atoms with Gasteiger partial charge in [-0.1, -0.05) is 54.1 Å². The third-order valence-corrected chi connectivity index (χ3v) is 5.58. The minimum absolute atomic E-state index is 0.209. The highest BCUT2D eigenvalue weighted by molar-refractivity contribution is 7.80. The molecule has 0 radical (unpaired) electrons. The Bertz CT molecular complexity index is 1420. The van der Waals surface area contributed by atoms with Crippen LogP contribution in [-0.4, -0.2) is 22.3 Å². The van der Waals surface area contributed by atoms with Crippen molar-refractivity contribution in [2.75, 3.05) is 0 Å². The molecule has 39 heavy (non-hydrogen) atoms. The number of hydrogen-bond acceptors (Lipinski definition) is 7. The number of nitro groups is 2. The molecule has 0 fully saturated rings. The molecule has 2 atom stereocenters. The summed E-state index contributed by atoms with van der Waals surface area (Å²) in [6.45, 7) is 6.02. The minimum atomic E-state index is -0.643. The number of aliphatic imine (C=N–C) groups is 2. The van der Waals surface area contributed by atoms with Gasteiger partial charge in [0.05, 0.1) is 21.7 Å². The molecule has 2 rings (SSSR count). The van der Waals surface area contributed by atoms with Gasteiger partial charge < -0.3 is 0 Å². The zero-order chi connectivity index (χ0) is 28.8. The zero-order valence-corrected chi connectivity index (χ0v) is 23.2. The molecule has 0 saturated carbocycles. The lowest BCUT2D eigenvalue weighted by molar-refractivity contribution is -0.428. The van der Waals surface area contributed by atoms with Crippen molar-refractivity contribution in [2.45, 2.75) is 45.4 Å². The van der Waals surface area contributed by atoms with Gasteiger partial charge in [-0.25, -0.2) is 0 Å². The molecule has 0 bridgehead atoms. The van der Waals surface area contributed by atoms with Crippen LogP contribution in [0.15, 0.2) is 97.9 Å². The molecular formula is C30H30N4O4S. The van der Waals surface area contributed by atoms with E-state index in [4.69, 9.17) is 0 Å². The van der Waals surface area contributed by atoms with Crippen molar-refractivity contribution in [2.24, 2.45) is 21.8 Å². The maximum Gasteiger partial charge on any atom is 0.271 e. The van der Waals surface area contributed by atoms with Crippen LogP contribution in [0.25, 0.3) is 0 Å². The van der Waals surface area contributed by atoms with Crippen molar-refractivity contribution in [3.05, 3.63) is 109 Å². The summed E-state index contributed by atoms with van der Waals surface area (Å²) in [5, 5.41) is 23.3. The molecule has 1 aromatic carbocycles. The summed E-state index contributed by atoms with van der Waals surface area (Å²) in [5.74, 6) is 11.4. The van der Waals surface area contributed by atoms with E-state index in [0.29, 0.717) is 0 Å². The van der Waals surface area contributed by atoms with Gasteiger partial charge in [-0.05, 0) is 51.0 Å². The monoisotopic (exact) mass is 542 g/mol. The molecule has 0 spiro atoms. The molecule has 0 saturated heterocycles. The van der Waals surface area contributed by atoms with Crippen molar-refractivity contribution in [1.29, 1.82) is 0 Å². The average Bonchev–Trinajstić information content (AvgIpc) is 2.88. The fourth-order valence-corrected chi connectivity index (χ4v) is 3.18. The van der Waals surface area contributed by atoms with E-state index in [-0.39, 0.29) is 28.7 Å². The molecule has 9 heteroatoms. The molecule has 2 unspecified atom stereocenters. The first-order valence-electron chi connectivity index (χ1n) is 12.2. The van der Waals surface area contributed by atoms with E-state index >= 15 is 0 Å². The quantitative estimate of drug-likeness (QED) is 0.0796. The maximum atomic E-state index is 11.6. The van der Waals surface area contributed by atoms with E-state index in [9.17, 15) is 20.2 Å². The molecule has 0 aromatic heterocycles. The molecule has 1 aliphatic rings. The lowest BCUT2D eigenvalue weighted by Gasteiger charge is -2.05. The number of nitrogens with zero attached hydrogens (tertiary/aromatic N) is 4. The van der Waals surface area contributed by atoms with Crippen LogP contribution in [0.1, 0.15) is 46.1 Å². The summed E-state index contributed by atoms with van der Waals surface area (Å²) in [7, 11) is 0. The standard InChI is InChI=1S/C30H30N4O4S/c1-22(12-14-26-10-8-6-5-7-9-11-26)20-31-29(24(3)33(35)36)30(25(4)34(37)38)32-21-23(2)13-15-27-16-18-28(39)19-17-27/h5-6,9-11,16-23,39H,7-8H2,1-4H3/b6-5?,11-9-,26-10+,29-24+,30-25+,31-20?,32-21?. The topological polar surface area (TPSA) is 111 Å². The summed E-state index contributed by atoms with van der Waals surface area (Å²) in [6, 6.07) is 7.28. The second-order valence-corrected chi connectivity index (χ2v) is 9.12. The molecule has 0 amide bonds. The fourth-order valence-electron chi connectivity index (χ4n) is 3.03. The first kappa shape index (κ1) is 30.8. The van der Waals surface area contributed by atoms with Crippen molar-refractivity contribution in [3.8, 4) is 23.7 Å². The van der Waals surface area contributed by atoms with Crippen molar-refractivity contribution >= 4 is 25.1 Å². The molecule has 0 heterocycles. The summed E-state index contributed by atoms with van der Waals surface area (Å²) in [5.41, 5.74) is 0.471. The fraction of sp³-hybridized carbons (Fsp3) is 0.267. The molecule has 1 aromatic rings. The number of thiol groups is 1. The molecule has 1 aliphatic carbocycles. The number of benzene rings is 1. The summed E-state index contributed by atoms with van der Waals surface area (Å²) < 4.78 is 0. The first-order chi connectivity index (χ1) is 18.6. The Kier molecular flexibility index (Phi) is 12.4. The first-order valence-corrected chi connectivity index (χ1v) is 12.7. The number of allylic oxidation sites excluding steroid dienone is 8. The summed E-state index contributed by atoms with van der Waals surface area (Å²) >= 11 is 4.25. The average molecular weight is 543 g/mol. The highest BCUT2D eigenvalue weighted by Crippen LogP contribution is 2.23. The van der Waals surface area contributed by atoms with Gasteiger partial charge in [-0.3, -0.25) is 30.2 Å². The Morgan fingerprint density at radius 3 is 1.92 bits per heavy atom. The Hall–Kier alpha value is -4.47. The second kappa shape index (κ2) is 15.7. The van der Waals surface area contributed by atoms with E-state index < -0.39 is 15.8 Å². The number of rotatable bonds is 7. The van der Waals surface area contributed by atoms with Gasteiger partial charge in [0.15, 0.2) is 11.4 Å². The molecular weight excluding hydrogens is 512 g/mol. The van der Waals surface area contributed by atoms with Crippen LogP contribution in [0, 0.1) is 55.7 Å². The largest absolute Gasteiger partial charge is 0.271 e. The zero-order valence-electron chi connectivity index (χ0n) is 22.3. The summed E-state index contributed by atoms with van der Waals surface area (Å²) in [6.07, 6.45) is 14.5. The van der Waals surface area contributed by atoms with Crippen molar-refractivity contribution in [3.63, 3.8) is 0 Å². The van der Waals surface area contributed by atoms with E-state index in [0.717, 1.165) is 28.9 Å². The van der Waals surface area contributed by atoms with Crippen molar-refractivity contribution < 1.29 is 9.85 Å². The molecule has 200 valence electrons. The number of hydrogen-bond donors (Lipinski definition) is 1. The van der Waals surface area contributed by atoms with Gasteiger partial charge in [0, 0.05) is 42.3 Å². The van der Waals surface area contributed by atoms with E-state index in [1.165, 1.54) is 26.3 Å². The molecule has 8 nitrogen and oxygen atoms in total. The Morgan fingerprint density at radius 1 is 0.872 bits per heavy atom. The highest BCUT2D eigenvalue weighted by atomic mass is 32.1. The predicted molar refractivity (Wildman–Crippen MR) is 159 cm³/mol. The smallest absolute Gasteiger partial charge is 0.259 e.